The minimum absolute atomic E-state index is 0.405. The minimum Gasteiger partial charge on any atom is -0.382 e. The van der Waals surface area contributed by atoms with Crippen molar-refractivity contribution in [3.8, 4) is 5.75 Å². The van der Waals surface area contributed by atoms with Crippen LogP contribution in [-0.4, -0.2) is 14.7 Å². The molecule has 0 fully saturated rings. The summed E-state index contributed by atoms with van der Waals surface area (Å²) in [5.41, 5.74) is 1.87. The molecular weight excluding hydrogens is 188 g/mol. The molecule has 0 saturated heterocycles. The fraction of sp³-hybridized carbons (Fsp3) is 0.333. The number of aryl methyl sites for hydroxylation is 1. The molecular formula is C9H12O3S. The van der Waals surface area contributed by atoms with Crippen molar-refractivity contribution in [2.45, 2.75) is 13.8 Å². The van der Waals surface area contributed by atoms with Crippen LogP contribution in [-0.2, 0) is 10.1 Å². The first kappa shape index (κ1) is 10.1. The predicted molar refractivity (Wildman–Crippen MR) is 51.4 cm³/mol. The van der Waals surface area contributed by atoms with Gasteiger partial charge in [0.25, 0.3) is 0 Å². The Morgan fingerprint density at radius 1 is 1.23 bits per heavy atom. The zero-order chi connectivity index (χ0) is 10.1. The van der Waals surface area contributed by atoms with E-state index in [0.717, 1.165) is 17.4 Å². The molecule has 1 aromatic rings. The lowest BCUT2D eigenvalue weighted by molar-refractivity contribution is 0.491. The quantitative estimate of drug-likeness (QED) is 0.682. The molecule has 0 unspecified atom stereocenters. The van der Waals surface area contributed by atoms with E-state index in [9.17, 15) is 8.42 Å². The largest absolute Gasteiger partial charge is 0.382 e. The van der Waals surface area contributed by atoms with Gasteiger partial charge in [0.15, 0.2) is 0 Å². The van der Waals surface area contributed by atoms with Gasteiger partial charge in [-0.25, -0.2) is 0 Å². The summed E-state index contributed by atoms with van der Waals surface area (Å²) in [5.74, 6) is 0.405. The van der Waals surface area contributed by atoms with Crippen molar-refractivity contribution in [2.24, 2.45) is 0 Å². The van der Waals surface area contributed by atoms with Crippen LogP contribution in [0.15, 0.2) is 18.2 Å². The SMILES string of the molecule is Cc1cccc(OS(C)(=O)=O)c1C. The van der Waals surface area contributed by atoms with Gasteiger partial charge in [-0.1, -0.05) is 12.1 Å². The Kier molecular flexibility index (Phi) is 2.61. The molecule has 3 nitrogen and oxygen atoms in total. The Hall–Kier alpha value is -1.03. The van der Waals surface area contributed by atoms with Gasteiger partial charge in [-0.05, 0) is 31.0 Å². The average molecular weight is 200 g/mol. The summed E-state index contributed by atoms with van der Waals surface area (Å²) in [7, 11) is -3.42. The molecule has 0 aliphatic heterocycles. The molecule has 0 radical (unpaired) electrons. The number of benzene rings is 1. The van der Waals surface area contributed by atoms with Crippen molar-refractivity contribution < 1.29 is 12.6 Å². The van der Waals surface area contributed by atoms with Crippen LogP contribution in [0.2, 0.25) is 0 Å². The Morgan fingerprint density at radius 2 is 1.85 bits per heavy atom. The Balaban J connectivity index is 3.10. The summed E-state index contributed by atoms with van der Waals surface area (Å²) in [6, 6.07) is 5.32. The molecule has 13 heavy (non-hydrogen) atoms. The summed E-state index contributed by atoms with van der Waals surface area (Å²) < 4.78 is 26.5. The second-order valence-corrected chi connectivity index (χ2v) is 4.56. The van der Waals surface area contributed by atoms with Gasteiger partial charge in [-0.15, -0.1) is 0 Å². The third-order valence-corrected chi connectivity index (χ3v) is 2.28. The van der Waals surface area contributed by atoms with Gasteiger partial charge in [0.1, 0.15) is 5.75 Å². The van der Waals surface area contributed by atoms with Gasteiger partial charge in [-0.2, -0.15) is 8.42 Å². The van der Waals surface area contributed by atoms with E-state index in [-0.39, 0.29) is 0 Å². The summed E-state index contributed by atoms with van der Waals surface area (Å²) in [4.78, 5) is 0. The Labute approximate surface area is 78.5 Å². The van der Waals surface area contributed by atoms with E-state index in [1.54, 1.807) is 12.1 Å². The Morgan fingerprint density at radius 3 is 2.38 bits per heavy atom. The maximum absolute atomic E-state index is 10.8. The highest BCUT2D eigenvalue weighted by atomic mass is 32.2. The summed E-state index contributed by atoms with van der Waals surface area (Å²) in [6.45, 7) is 3.74. The van der Waals surface area contributed by atoms with Crippen molar-refractivity contribution in [1.29, 1.82) is 0 Å². The highest BCUT2D eigenvalue weighted by Crippen LogP contribution is 2.21. The molecule has 0 aliphatic rings. The summed E-state index contributed by atoms with van der Waals surface area (Å²) in [5, 5.41) is 0. The summed E-state index contributed by atoms with van der Waals surface area (Å²) >= 11 is 0. The number of hydrogen-bond acceptors (Lipinski definition) is 3. The van der Waals surface area contributed by atoms with Crippen molar-refractivity contribution in [2.75, 3.05) is 6.26 Å². The van der Waals surface area contributed by atoms with Crippen LogP contribution >= 0.6 is 0 Å². The van der Waals surface area contributed by atoms with Gasteiger partial charge in [0.05, 0.1) is 6.26 Å². The van der Waals surface area contributed by atoms with Crippen molar-refractivity contribution >= 4 is 10.1 Å². The van der Waals surface area contributed by atoms with Crippen LogP contribution in [0.3, 0.4) is 0 Å². The second-order valence-electron chi connectivity index (χ2n) is 2.99. The van der Waals surface area contributed by atoms with Crippen LogP contribution < -0.4 is 4.18 Å². The first-order valence-electron chi connectivity index (χ1n) is 3.86. The van der Waals surface area contributed by atoms with Crippen LogP contribution in [0.25, 0.3) is 0 Å². The highest BCUT2D eigenvalue weighted by Gasteiger charge is 2.07. The van der Waals surface area contributed by atoms with E-state index in [1.165, 1.54) is 0 Å². The smallest absolute Gasteiger partial charge is 0.306 e. The van der Waals surface area contributed by atoms with E-state index in [0.29, 0.717) is 5.75 Å². The van der Waals surface area contributed by atoms with Crippen LogP contribution in [0, 0.1) is 13.8 Å². The van der Waals surface area contributed by atoms with E-state index in [1.807, 2.05) is 19.9 Å². The molecule has 0 atom stereocenters. The molecule has 0 amide bonds. The molecule has 1 aromatic carbocycles. The van der Waals surface area contributed by atoms with E-state index in [4.69, 9.17) is 4.18 Å². The molecule has 0 aromatic heterocycles. The van der Waals surface area contributed by atoms with E-state index >= 15 is 0 Å². The van der Waals surface area contributed by atoms with Crippen LogP contribution in [0.4, 0.5) is 0 Å². The molecule has 4 heteroatoms. The lowest BCUT2D eigenvalue weighted by Gasteiger charge is -2.07. The standard InChI is InChI=1S/C9H12O3S/c1-7-5-4-6-9(8(7)2)12-13(3,10)11/h4-6H,1-3H3. The summed E-state index contributed by atoms with van der Waals surface area (Å²) in [6.07, 6.45) is 1.04. The number of rotatable bonds is 2. The third-order valence-electron chi connectivity index (χ3n) is 1.80. The fourth-order valence-corrected chi connectivity index (χ4v) is 1.48. The third kappa shape index (κ3) is 2.73. The van der Waals surface area contributed by atoms with Gasteiger partial charge >= 0.3 is 10.1 Å². The Bertz CT molecular complexity index is 407. The minimum atomic E-state index is -3.42. The molecule has 0 aliphatic carbocycles. The van der Waals surface area contributed by atoms with Crippen molar-refractivity contribution in [3.05, 3.63) is 29.3 Å². The normalized spacial score (nSPS) is 11.3. The van der Waals surface area contributed by atoms with Gasteiger partial charge in [0.2, 0.25) is 0 Å². The molecule has 0 bridgehead atoms. The predicted octanol–water partition coefficient (Wildman–Crippen LogP) is 1.64. The maximum Gasteiger partial charge on any atom is 0.306 e. The molecule has 0 heterocycles. The molecule has 72 valence electrons. The molecule has 1 rings (SSSR count). The van der Waals surface area contributed by atoms with Crippen LogP contribution in [0.1, 0.15) is 11.1 Å². The molecule has 0 N–H and O–H groups in total. The molecule has 0 saturated carbocycles. The lowest BCUT2D eigenvalue weighted by atomic mass is 10.1. The lowest BCUT2D eigenvalue weighted by Crippen LogP contribution is -2.07. The van der Waals surface area contributed by atoms with E-state index < -0.39 is 10.1 Å². The topological polar surface area (TPSA) is 43.4 Å². The zero-order valence-electron chi connectivity index (χ0n) is 7.87. The zero-order valence-corrected chi connectivity index (χ0v) is 8.68. The van der Waals surface area contributed by atoms with Crippen molar-refractivity contribution in [1.82, 2.24) is 0 Å². The van der Waals surface area contributed by atoms with Gasteiger partial charge in [-0.3, -0.25) is 0 Å². The average Bonchev–Trinajstić information content (AvgIpc) is 1.96. The van der Waals surface area contributed by atoms with Gasteiger partial charge in [0, 0.05) is 0 Å². The monoisotopic (exact) mass is 200 g/mol. The second kappa shape index (κ2) is 3.38. The van der Waals surface area contributed by atoms with Crippen molar-refractivity contribution in [3.63, 3.8) is 0 Å². The molecule has 0 spiro atoms. The maximum atomic E-state index is 10.8. The first-order valence-corrected chi connectivity index (χ1v) is 5.67. The highest BCUT2D eigenvalue weighted by molar-refractivity contribution is 7.86. The fourth-order valence-electron chi connectivity index (χ4n) is 0.978. The van der Waals surface area contributed by atoms with Gasteiger partial charge < -0.3 is 4.18 Å². The van der Waals surface area contributed by atoms with Crippen LogP contribution in [0.5, 0.6) is 5.75 Å². The number of hydrogen-bond donors (Lipinski definition) is 0. The van der Waals surface area contributed by atoms with E-state index in [2.05, 4.69) is 0 Å². The first-order chi connectivity index (χ1) is 5.90.